The SMILES string of the molecule is COC(=O)[C@@H](C)NP(=O)(O)Oc1ccccc1. The van der Waals surface area contributed by atoms with Crippen LogP contribution >= 0.6 is 7.75 Å². The van der Waals surface area contributed by atoms with Gasteiger partial charge >= 0.3 is 13.7 Å². The second-order valence-corrected chi connectivity index (χ2v) is 4.78. The zero-order valence-corrected chi connectivity index (χ0v) is 10.4. The largest absolute Gasteiger partial charge is 0.468 e. The number of hydrogen-bond acceptors (Lipinski definition) is 4. The minimum atomic E-state index is -4.09. The van der Waals surface area contributed by atoms with E-state index in [0.717, 1.165) is 0 Å². The molecule has 0 saturated carbocycles. The summed E-state index contributed by atoms with van der Waals surface area (Å²) in [5, 5.41) is 2.17. The third-order valence-corrected chi connectivity index (χ3v) is 3.06. The van der Waals surface area contributed by atoms with Gasteiger partial charge < -0.3 is 14.2 Å². The lowest BCUT2D eigenvalue weighted by molar-refractivity contribution is -0.142. The molecule has 0 saturated heterocycles. The zero-order chi connectivity index (χ0) is 12.9. The van der Waals surface area contributed by atoms with Crippen LogP contribution in [0.4, 0.5) is 0 Å². The summed E-state index contributed by atoms with van der Waals surface area (Å²) >= 11 is 0. The summed E-state index contributed by atoms with van der Waals surface area (Å²) < 4.78 is 20.9. The average molecular weight is 259 g/mol. The summed E-state index contributed by atoms with van der Waals surface area (Å²) in [6, 6.07) is 7.22. The molecule has 17 heavy (non-hydrogen) atoms. The van der Waals surface area contributed by atoms with Crippen LogP contribution in [0.5, 0.6) is 5.75 Å². The van der Waals surface area contributed by atoms with Gasteiger partial charge in [0.2, 0.25) is 0 Å². The number of methoxy groups -OCH3 is 1. The van der Waals surface area contributed by atoms with Gasteiger partial charge in [-0.2, -0.15) is 5.09 Å². The highest BCUT2D eigenvalue weighted by Crippen LogP contribution is 2.38. The summed E-state index contributed by atoms with van der Waals surface area (Å²) in [6.45, 7) is 1.41. The number of hydrogen-bond donors (Lipinski definition) is 2. The molecule has 1 unspecified atom stereocenters. The van der Waals surface area contributed by atoms with Crippen molar-refractivity contribution in [1.82, 2.24) is 5.09 Å². The van der Waals surface area contributed by atoms with E-state index in [9.17, 15) is 14.3 Å². The van der Waals surface area contributed by atoms with Gasteiger partial charge in [-0.25, -0.2) is 4.57 Å². The summed E-state index contributed by atoms with van der Waals surface area (Å²) in [5.41, 5.74) is 0. The lowest BCUT2D eigenvalue weighted by atomic mass is 10.3. The molecule has 1 aromatic rings. The molecule has 0 aliphatic heterocycles. The van der Waals surface area contributed by atoms with E-state index in [1.807, 2.05) is 0 Å². The van der Waals surface area contributed by atoms with Crippen molar-refractivity contribution < 1.29 is 23.5 Å². The second kappa shape index (κ2) is 5.82. The van der Waals surface area contributed by atoms with Crippen LogP contribution in [0.3, 0.4) is 0 Å². The van der Waals surface area contributed by atoms with Crippen LogP contribution in [0.2, 0.25) is 0 Å². The van der Waals surface area contributed by atoms with Crippen LogP contribution in [-0.4, -0.2) is 24.0 Å². The second-order valence-electron chi connectivity index (χ2n) is 3.30. The molecule has 1 aromatic carbocycles. The molecule has 0 heterocycles. The van der Waals surface area contributed by atoms with Crippen LogP contribution in [0.25, 0.3) is 0 Å². The number of benzene rings is 1. The van der Waals surface area contributed by atoms with Gasteiger partial charge in [-0.15, -0.1) is 0 Å². The Morgan fingerprint density at radius 3 is 2.53 bits per heavy atom. The maximum absolute atomic E-state index is 11.6. The van der Waals surface area contributed by atoms with E-state index in [2.05, 4.69) is 9.82 Å². The maximum Gasteiger partial charge on any atom is 0.456 e. The molecule has 6 nitrogen and oxygen atoms in total. The quantitative estimate of drug-likeness (QED) is 0.612. The number of rotatable bonds is 5. The van der Waals surface area contributed by atoms with Gasteiger partial charge in [-0.1, -0.05) is 18.2 Å². The fraction of sp³-hybridized carbons (Fsp3) is 0.300. The Morgan fingerprint density at radius 2 is 2.00 bits per heavy atom. The lowest BCUT2D eigenvalue weighted by Gasteiger charge is -2.17. The molecular weight excluding hydrogens is 245 g/mol. The first-order chi connectivity index (χ1) is 7.94. The predicted molar refractivity (Wildman–Crippen MR) is 61.5 cm³/mol. The van der Waals surface area contributed by atoms with E-state index in [4.69, 9.17) is 4.52 Å². The zero-order valence-electron chi connectivity index (χ0n) is 9.49. The van der Waals surface area contributed by atoms with Crippen molar-refractivity contribution in [2.75, 3.05) is 7.11 Å². The minimum Gasteiger partial charge on any atom is -0.468 e. The Morgan fingerprint density at radius 1 is 1.41 bits per heavy atom. The van der Waals surface area contributed by atoms with Gasteiger partial charge in [-0.05, 0) is 19.1 Å². The van der Waals surface area contributed by atoms with E-state index in [0.29, 0.717) is 0 Å². The summed E-state index contributed by atoms with van der Waals surface area (Å²) in [5.74, 6) is -0.404. The van der Waals surface area contributed by atoms with Gasteiger partial charge in [0, 0.05) is 0 Å². The van der Waals surface area contributed by atoms with Gasteiger partial charge in [-0.3, -0.25) is 4.79 Å². The van der Waals surface area contributed by atoms with Gasteiger partial charge in [0.15, 0.2) is 0 Å². The molecule has 0 aliphatic rings. The number of para-hydroxylation sites is 1. The highest BCUT2D eigenvalue weighted by atomic mass is 31.2. The van der Waals surface area contributed by atoms with Crippen LogP contribution in [0, 0.1) is 0 Å². The fourth-order valence-corrected chi connectivity index (χ4v) is 2.18. The molecule has 0 spiro atoms. The summed E-state index contributed by atoms with van der Waals surface area (Å²) in [6.07, 6.45) is 0. The van der Waals surface area contributed by atoms with Crippen molar-refractivity contribution >= 4 is 13.7 Å². The molecular formula is C10H14NO5P. The van der Waals surface area contributed by atoms with Gasteiger partial charge in [0.05, 0.1) is 7.11 Å². The van der Waals surface area contributed by atoms with Crippen LogP contribution < -0.4 is 9.61 Å². The topological polar surface area (TPSA) is 84.9 Å². The first-order valence-electron chi connectivity index (χ1n) is 4.87. The molecule has 7 heteroatoms. The molecule has 1 rings (SSSR count). The Hall–Kier alpha value is -1.36. The van der Waals surface area contributed by atoms with Crippen molar-refractivity contribution in [1.29, 1.82) is 0 Å². The Bertz CT molecular complexity index is 422. The van der Waals surface area contributed by atoms with E-state index < -0.39 is 19.8 Å². The van der Waals surface area contributed by atoms with Gasteiger partial charge in [0.1, 0.15) is 11.8 Å². The molecule has 94 valence electrons. The van der Waals surface area contributed by atoms with Crippen LogP contribution in [0.1, 0.15) is 6.92 Å². The van der Waals surface area contributed by atoms with Crippen LogP contribution in [-0.2, 0) is 14.1 Å². The molecule has 0 amide bonds. The van der Waals surface area contributed by atoms with E-state index in [-0.39, 0.29) is 5.75 Å². The normalized spacial score (nSPS) is 15.7. The van der Waals surface area contributed by atoms with E-state index in [1.54, 1.807) is 18.2 Å². The standard InChI is InChI=1S/C10H14NO5P/c1-8(10(12)15-2)11-17(13,14)16-9-6-4-3-5-7-9/h3-8H,1-2H3,(H2,11,13,14)/t8-/m1/s1. The van der Waals surface area contributed by atoms with Crippen LogP contribution in [0.15, 0.2) is 30.3 Å². The molecule has 2 N–H and O–H groups in total. The van der Waals surface area contributed by atoms with Crippen molar-refractivity contribution in [3.8, 4) is 5.75 Å². The minimum absolute atomic E-state index is 0.239. The number of carbonyl (C=O) groups is 1. The third kappa shape index (κ3) is 4.56. The molecule has 0 bridgehead atoms. The Balaban J connectivity index is 2.63. The molecule has 0 fully saturated rings. The van der Waals surface area contributed by atoms with E-state index >= 15 is 0 Å². The predicted octanol–water partition coefficient (Wildman–Crippen LogP) is 1.32. The number of nitrogens with one attached hydrogen (secondary N) is 1. The highest BCUT2D eigenvalue weighted by molar-refractivity contribution is 7.51. The first-order valence-corrected chi connectivity index (χ1v) is 6.45. The summed E-state index contributed by atoms with van der Waals surface area (Å²) in [4.78, 5) is 20.6. The number of esters is 1. The highest BCUT2D eigenvalue weighted by Gasteiger charge is 2.27. The Labute approximate surface area is 99.1 Å². The Kier molecular flexibility index (Phi) is 4.69. The van der Waals surface area contributed by atoms with Crippen molar-refractivity contribution in [2.45, 2.75) is 13.0 Å². The smallest absolute Gasteiger partial charge is 0.456 e. The fourth-order valence-electron chi connectivity index (χ4n) is 1.12. The lowest BCUT2D eigenvalue weighted by Crippen LogP contribution is -2.33. The van der Waals surface area contributed by atoms with Crippen molar-refractivity contribution in [2.24, 2.45) is 0 Å². The summed E-state index contributed by atoms with van der Waals surface area (Å²) in [7, 11) is -2.89. The third-order valence-electron chi connectivity index (χ3n) is 1.88. The van der Waals surface area contributed by atoms with E-state index in [1.165, 1.54) is 26.2 Å². The van der Waals surface area contributed by atoms with Crippen molar-refractivity contribution in [3.05, 3.63) is 30.3 Å². The molecule has 0 aliphatic carbocycles. The monoisotopic (exact) mass is 259 g/mol. The average Bonchev–Trinajstić information content (AvgIpc) is 2.27. The first kappa shape index (κ1) is 13.7. The molecule has 0 radical (unpaired) electrons. The molecule has 0 aromatic heterocycles. The maximum atomic E-state index is 11.6. The number of ether oxygens (including phenoxy) is 1. The molecule has 2 atom stereocenters. The van der Waals surface area contributed by atoms with Gasteiger partial charge in [0.25, 0.3) is 0 Å². The number of carbonyl (C=O) groups excluding carboxylic acids is 1. The van der Waals surface area contributed by atoms with Crippen molar-refractivity contribution in [3.63, 3.8) is 0 Å².